The number of rotatable bonds is 6. The highest BCUT2D eigenvalue weighted by Crippen LogP contribution is 2.29. The first-order chi connectivity index (χ1) is 8.39. The van der Waals surface area contributed by atoms with Crippen LogP contribution in [0.2, 0.25) is 0 Å². The summed E-state index contributed by atoms with van der Waals surface area (Å²) in [7, 11) is 0. The van der Waals surface area contributed by atoms with Gasteiger partial charge in [-0.3, -0.25) is 10.1 Å². The van der Waals surface area contributed by atoms with Crippen molar-refractivity contribution in [3.63, 3.8) is 0 Å². The molecule has 6 heteroatoms. The van der Waals surface area contributed by atoms with E-state index in [9.17, 15) is 15.2 Å². The molecule has 0 saturated heterocycles. The van der Waals surface area contributed by atoms with Gasteiger partial charge in [0.25, 0.3) is 0 Å². The molecular formula is C12H17NO5. The number of hydrogen-bond donors (Lipinski definition) is 2. The van der Waals surface area contributed by atoms with Gasteiger partial charge >= 0.3 is 5.69 Å². The number of hydrogen-bond acceptors (Lipinski definition) is 5. The van der Waals surface area contributed by atoms with E-state index in [1.54, 1.807) is 13.8 Å². The van der Waals surface area contributed by atoms with Crippen LogP contribution in [-0.2, 0) is 6.61 Å². The predicted octanol–water partition coefficient (Wildman–Crippen LogP) is 1.63. The van der Waals surface area contributed by atoms with Crippen LogP contribution in [0.4, 0.5) is 5.69 Å². The Morgan fingerprint density at radius 2 is 2.17 bits per heavy atom. The van der Waals surface area contributed by atoms with Gasteiger partial charge in [0.15, 0.2) is 5.75 Å². The quantitative estimate of drug-likeness (QED) is 0.595. The van der Waals surface area contributed by atoms with Crippen LogP contribution in [0.1, 0.15) is 25.8 Å². The second-order valence-electron chi connectivity index (χ2n) is 4.36. The Morgan fingerprint density at radius 3 is 2.67 bits per heavy atom. The van der Waals surface area contributed by atoms with E-state index in [1.807, 2.05) is 0 Å². The van der Waals surface area contributed by atoms with Crippen molar-refractivity contribution in [1.29, 1.82) is 0 Å². The number of nitro benzene ring substituents is 1. The van der Waals surface area contributed by atoms with Crippen LogP contribution in [0.3, 0.4) is 0 Å². The average Bonchev–Trinajstić information content (AvgIpc) is 2.36. The third-order valence-electron chi connectivity index (χ3n) is 2.70. The van der Waals surface area contributed by atoms with Crippen LogP contribution in [0.5, 0.6) is 5.75 Å². The molecule has 0 bridgehead atoms. The third kappa shape index (κ3) is 3.68. The molecule has 0 heterocycles. The number of ether oxygens (including phenoxy) is 1. The van der Waals surface area contributed by atoms with E-state index in [1.165, 1.54) is 18.2 Å². The van der Waals surface area contributed by atoms with Gasteiger partial charge in [0.1, 0.15) is 6.61 Å². The third-order valence-corrected chi connectivity index (χ3v) is 2.70. The van der Waals surface area contributed by atoms with Gasteiger partial charge in [0.05, 0.1) is 17.1 Å². The molecule has 0 amide bonds. The molecular weight excluding hydrogens is 238 g/mol. The van der Waals surface area contributed by atoms with Crippen molar-refractivity contribution in [2.24, 2.45) is 0 Å². The number of nitrogens with zero attached hydrogens (tertiary/aromatic N) is 1. The van der Waals surface area contributed by atoms with Gasteiger partial charge in [-0.05, 0) is 31.0 Å². The maximum Gasteiger partial charge on any atom is 0.310 e. The Labute approximate surface area is 105 Å². The Balaban J connectivity index is 2.94. The molecule has 1 aromatic carbocycles. The largest absolute Gasteiger partial charge is 0.484 e. The van der Waals surface area contributed by atoms with Crippen LogP contribution in [0, 0.1) is 10.1 Å². The Bertz CT molecular complexity index is 430. The Hall–Kier alpha value is -1.66. The van der Waals surface area contributed by atoms with E-state index in [0.717, 1.165) is 0 Å². The van der Waals surface area contributed by atoms with Gasteiger partial charge in [-0.15, -0.1) is 0 Å². The zero-order chi connectivity index (χ0) is 13.8. The summed E-state index contributed by atoms with van der Waals surface area (Å²) in [6, 6.07) is 4.15. The molecule has 1 aromatic rings. The summed E-state index contributed by atoms with van der Waals surface area (Å²) in [5.41, 5.74) is -0.700. The fourth-order valence-electron chi connectivity index (χ4n) is 1.26. The highest BCUT2D eigenvalue weighted by Gasteiger charge is 2.22. The molecule has 0 fully saturated rings. The first-order valence-electron chi connectivity index (χ1n) is 5.63. The topological polar surface area (TPSA) is 92.8 Å². The van der Waals surface area contributed by atoms with Crippen molar-refractivity contribution in [3.05, 3.63) is 33.9 Å². The van der Waals surface area contributed by atoms with Crippen molar-refractivity contribution in [2.75, 3.05) is 6.61 Å². The highest BCUT2D eigenvalue weighted by atomic mass is 16.6. The summed E-state index contributed by atoms with van der Waals surface area (Å²) >= 11 is 0. The van der Waals surface area contributed by atoms with Gasteiger partial charge in [-0.1, -0.05) is 6.92 Å². The maximum atomic E-state index is 10.8. The maximum absolute atomic E-state index is 10.8. The summed E-state index contributed by atoms with van der Waals surface area (Å²) in [6.07, 6.45) is 0.473. The lowest BCUT2D eigenvalue weighted by Crippen LogP contribution is -2.31. The average molecular weight is 255 g/mol. The molecule has 18 heavy (non-hydrogen) atoms. The van der Waals surface area contributed by atoms with E-state index in [2.05, 4.69) is 0 Å². The fraction of sp³-hybridized carbons (Fsp3) is 0.500. The molecule has 0 spiro atoms. The molecule has 1 rings (SSSR count). The van der Waals surface area contributed by atoms with E-state index in [4.69, 9.17) is 9.84 Å². The van der Waals surface area contributed by atoms with Crippen LogP contribution in [-0.4, -0.2) is 27.3 Å². The zero-order valence-electron chi connectivity index (χ0n) is 10.4. The van der Waals surface area contributed by atoms with Gasteiger partial charge in [0, 0.05) is 6.07 Å². The van der Waals surface area contributed by atoms with Crippen LogP contribution < -0.4 is 4.74 Å². The van der Waals surface area contributed by atoms with Gasteiger partial charge in [-0.25, -0.2) is 0 Å². The van der Waals surface area contributed by atoms with Crippen molar-refractivity contribution in [2.45, 2.75) is 32.5 Å². The lowest BCUT2D eigenvalue weighted by Gasteiger charge is -2.21. The molecule has 2 N–H and O–H groups in total. The first kappa shape index (κ1) is 14.4. The normalized spacial score (nSPS) is 14.0. The molecule has 0 saturated carbocycles. The summed E-state index contributed by atoms with van der Waals surface area (Å²) in [5, 5.41) is 29.6. The molecule has 1 unspecified atom stereocenters. The standard InChI is InChI=1S/C12H17NO5/c1-3-12(2,15)8-18-11-6-9(7-14)4-5-10(11)13(16)17/h4-6,14-15H,3,7-8H2,1-2H3. The zero-order valence-corrected chi connectivity index (χ0v) is 10.4. The van der Waals surface area contributed by atoms with Crippen LogP contribution >= 0.6 is 0 Å². The minimum atomic E-state index is -1.04. The molecule has 0 aliphatic rings. The van der Waals surface area contributed by atoms with Gasteiger partial charge in [0.2, 0.25) is 0 Å². The summed E-state index contributed by atoms with van der Waals surface area (Å²) in [4.78, 5) is 10.3. The van der Waals surface area contributed by atoms with Crippen LogP contribution in [0.15, 0.2) is 18.2 Å². The van der Waals surface area contributed by atoms with Gasteiger partial charge in [-0.2, -0.15) is 0 Å². The second-order valence-corrected chi connectivity index (χ2v) is 4.36. The summed E-state index contributed by atoms with van der Waals surface area (Å²) < 4.78 is 5.29. The number of aliphatic hydroxyl groups excluding tert-OH is 1. The Kier molecular flexibility index (Phi) is 4.63. The van der Waals surface area contributed by atoms with E-state index < -0.39 is 10.5 Å². The predicted molar refractivity (Wildman–Crippen MR) is 65.4 cm³/mol. The molecule has 1 atom stereocenters. The monoisotopic (exact) mass is 255 g/mol. The number of nitro groups is 1. The van der Waals surface area contributed by atoms with E-state index in [-0.39, 0.29) is 24.7 Å². The van der Waals surface area contributed by atoms with Gasteiger partial charge < -0.3 is 14.9 Å². The minimum absolute atomic E-state index is 0.0424. The highest BCUT2D eigenvalue weighted by molar-refractivity contribution is 5.48. The summed E-state index contributed by atoms with van der Waals surface area (Å²) in [5.74, 6) is 0.0558. The summed E-state index contributed by atoms with van der Waals surface area (Å²) in [6.45, 7) is 3.12. The fourth-order valence-corrected chi connectivity index (χ4v) is 1.26. The molecule has 0 radical (unpaired) electrons. The minimum Gasteiger partial charge on any atom is -0.484 e. The van der Waals surface area contributed by atoms with E-state index in [0.29, 0.717) is 12.0 Å². The van der Waals surface area contributed by atoms with Crippen molar-refractivity contribution < 1.29 is 19.9 Å². The number of aliphatic hydroxyl groups is 2. The smallest absolute Gasteiger partial charge is 0.310 e. The first-order valence-corrected chi connectivity index (χ1v) is 5.63. The van der Waals surface area contributed by atoms with Crippen LogP contribution in [0.25, 0.3) is 0 Å². The second kappa shape index (κ2) is 5.79. The number of benzene rings is 1. The van der Waals surface area contributed by atoms with Crippen molar-refractivity contribution in [3.8, 4) is 5.75 Å². The van der Waals surface area contributed by atoms with E-state index >= 15 is 0 Å². The van der Waals surface area contributed by atoms with Crippen molar-refractivity contribution >= 4 is 5.69 Å². The molecule has 0 aliphatic heterocycles. The lowest BCUT2D eigenvalue weighted by molar-refractivity contribution is -0.386. The molecule has 100 valence electrons. The molecule has 6 nitrogen and oxygen atoms in total. The molecule has 0 aliphatic carbocycles. The Morgan fingerprint density at radius 1 is 1.50 bits per heavy atom. The SMILES string of the molecule is CCC(C)(O)COc1cc(CO)ccc1[N+](=O)[O-]. The molecule has 0 aromatic heterocycles. The lowest BCUT2D eigenvalue weighted by atomic mass is 10.1. The van der Waals surface area contributed by atoms with Crippen molar-refractivity contribution in [1.82, 2.24) is 0 Å².